The maximum absolute atomic E-state index is 17.5. The summed E-state index contributed by atoms with van der Waals surface area (Å²) in [6.07, 6.45) is 0.0707. The first kappa shape index (κ1) is 28.9. The number of allylic oxidation sites excluding steroid dienone is 4. The normalized spacial score (nSPS) is 46.3. The van der Waals surface area contributed by atoms with Crippen molar-refractivity contribution in [1.82, 2.24) is 0 Å². The SMILES string of the molecule is C[C@@H]1C[C@H]2[C@@H]3C[C@H](F)C4=CC(=O)C=C[C@@]4(C)[C@@]3(F)[C@@H](O)C[C@]2(C)[C@@]1(OC(=O)C1C(C)(C)C1(C)C)C(=O)OCC#N. The smallest absolute Gasteiger partial charge is 0.352 e. The molecule has 7 nitrogen and oxygen atoms in total. The van der Waals surface area contributed by atoms with Crippen molar-refractivity contribution in [2.45, 2.75) is 91.3 Å². The van der Waals surface area contributed by atoms with Crippen LogP contribution in [0.1, 0.15) is 67.7 Å². The van der Waals surface area contributed by atoms with E-state index in [9.17, 15) is 19.5 Å². The molecule has 0 amide bonds. The number of nitrogens with zero attached hydrogens (tertiary/aromatic N) is 1. The molecule has 0 saturated heterocycles. The highest BCUT2D eigenvalue weighted by Gasteiger charge is 2.80. The fourth-order valence-electron chi connectivity index (χ4n) is 9.43. The molecule has 0 radical (unpaired) electrons. The van der Waals surface area contributed by atoms with E-state index in [4.69, 9.17) is 14.7 Å². The van der Waals surface area contributed by atoms with Crippen LogP contribution in [0.15, 0.2) is 23.8 Å². The number of rotatable bonds is 4. The van der Waals surface area contributed by atoms with E-state index in [1.165, 1.54) is 19.1 Å². The van der Waals surface area contributed by atoms with Crippen LogP contribution in [-0.4, -0.2) is 53.0 Å². The lowest BCUT2D eigenvalue weighted by atomic mass is 9.44. The number of halogens is 2. The molecule has 0 bridgehead atoms. The van der Waals surface area contributed by atoms with Gasteiger partial charge in [-0.25, -0.2) is 13.6 Å². The first-order valence-corrected chi connectivity index (χ1v) is 14.1. The summed E-state index contributed by atoms with van der Waals surface area (Å²) in [6, 6.07) is 1.77. The van der Waals surface area contributed by atoms with E-state index in [0.717, 1.165) is 6.08 Å². The van der Waals surface area contributed by atoms with E-state index < -0.39 is 93.2 Å². The molecular formula is C31H39F2NO6. The van der Waals surface area contributed by atoms with Crippen molar-refractivity contribution in [1.29, 1.82) is 5.26 Å². The Hall–Kier alpha value is -2.60. The maximum atomic E-state index is 17.5. The lowest BCUT2D eigenvalue weighted by molar-refractivity contribution is -0.239. The van der Waals surface area contributed by atoms with Crippen molar-refractivity contribution in [2.75, 3.05) is 6.61 Å². The number of alkyl halides is 2. The molecule has 5 aliphatic rings. The predicted molar refractivity (Wildman–Crippen MR) is 140 cm³/mol. The summed E-state index contributed by atoms with van der Waals surface area (Å²) in [7, 11) is 0. The van der Waals surface area contributed by atoms with E-state index in [-0.39, 0.29) is 24.8 Å². The van der Waals surface area contributed by atoms with Gasteiger partial charge in [0.1, 0.15) is 12.2 Å². The van der Waals surface area contributed by atoms with Crippen molar-refractivity contribution >= 4 is 17.7 Å². The van der Waals surface area contributed by atoms with E-state index in [1.54, 1.807) is 19.9 Å². The summed E-state index contributed by atoms with van der Waals surface area (Å²) in [4.78, 5) is 39.7. The van der Waals surface area contributed by atoms with Crippen molar-refractivity contribution in [3.63, 3.8) is 0 Å². The zero-order chi connectivity index (χ0) is 29.8. The van der Waals surface area contributed by atoms with Gasteiger partial charge < -0.3 is 14.6 Å². The van der Waals surface area contributed by atoms with Gasteiger partial charge in [-0.05, 0) is 60.7 Å². The van der Waals surface area contributed by atoms with Crippen molar-refractivity contribution in [3.8, 4) is 6.07 Å². The fraction of sp³-hybridized carbons (Fsp3) is 0.742. The minimum atomic E-state index is -2.33. The number of nitriles is 1. The average Bonchev–Trinajstić information content (AvgIpc) is 3.17. The quantitative estimate of drug-likeness (QED) is 0.502. The maximum Gasteiger partial charge on any atom is 0.352 e. The molecule has 0 aromatic carbocycles. The number of aliphatic hydroxyl groups excluding tert-OH is 1. The molecule has 40 heavy (non-hydrogen) atoms. The second-order valence-electron chi connectivity index (χ2n) is 14.3. The summed E-state index contributed by atoms with van der Waals surface area (Å²) < 4.78 is 44.9. The predicted octanol–water partition coefficient (Wildman–Crippen LogP) is 4.58. The molecule has 4 fully saturated rings. The third-order valence-electron chi connectivity index (χ3n) is 12.3. The van der Waals surface area contributed by atoms with Gasteiger partial charge in [0.15, 0.2) is 18.1 Å². The number of esters is 2. The van der Waals surface area contributed by atoms with E-state index in [0.29, 0.717) is 0 Å². The molecule has 5 rings (SSSR count). The van der Waals surface area contributed by atoms with E-state index >= 15 is 8.78 Å². The summed E-state index contributed by atoms with van der Waals surface area (Å²) in [6.45, 7) is 12.1. The second-order valence-corrected chi connectivity index (χ2v) is 14.3. The molecule has 5 aliphatic carbocycles. The van der Waals surface area contributed by atoms with Gasteiger partial charge >= 0.3 is 11.9 Å². The standard InChI is InChI=1S/C31H39F2NO6/c1-16-12-18-19-14-21(32)20-13-17(35)8-9-28(20,6)30(19,33)22(36)15-29(18,7)31(16,25(38)39-11-10-34)40-24(37)23-26(2,3)27(23,4)5/h8-9,13,16,18-19,21-23,36H,11-12,14-15H2,1-7H3/t16-,18+,19+,21+,22+,28-,29+,30+,31+/m1/s1. The number of carbonyl (C=O) groups is 3. The van der Waals surface area contributed by atoms with Gasteiger partial charge in [0.05, 0.1) is 12.0 Å². The molecule has 0 unspecified atom stereocenters. The van der Waals surface area contributed by atoms with Gasteiger partial charge in [-0.1, -0.05) is 47.6 Å². The molecule has 0 spiro atoms. The zero-order valence-corrected chi connectivity index (χ0v) is 24.2. The third-order valence-corrected chi connectivity index (χ3v) is 12.3. The van der Waals surface area contributed by atoms with Gasteiger partial charge in [-0.15, -0.1) is 0 Å². The lowest BCUT2D eigenvalue weighted by Crippen LogP contribution is -2.71. The first-order chi connectivity index (χ1) is 18.4. The number of aliphatic hydroxyl groups is 1. The third kappa shape index (κ3) is 3.20. The highest BCUT2D eigenvalue weighted by molar-refractivity contribution is 6.01. The molecular weight excluding hydrogens is 520 g/mol. The number of hydrogen-bond acceptors (Lipinski definition) is 7. The number of fused-ring (bicyclic) bond motifs is 5. The van der Waals surface area contributed by atoms with Crippen molar-refractivity contribution < 1.29 is 37.7 Å². The van der Waals surface area contributed by atoms with Gasteiger partial charge in [0.2, 0.25) is 5.60 Å². The molecule has 4 saturated carbocycles. The van der Waals surface area contributed by atoms with E-state index in [2.05, 4.69) is 0 Å². The Bertz CT molecular complexity index is 1270. The molecule has 0 aromatic heterocycles. The Morgan fingerprint density at radius 1 is 1.12 bits per heavy atom. The van der Waals surface area contributed by atoms with E-state index in [1.807, 2.05) is 27.7 Å². The van der Waals surface area contributed by atoms with Crippen LogP contribution in [0.4, 0.5) is 8.78 Å². The Labute approximate surface area is 234 Å². The van der Waals surface area contributed by atoms with Crippen LogP contribution in [0.3, 0.4) is 0 Å². The van der Waals surface area contributed by atoms with Crippen LogP contribution in [-0.2, 0) is 23.9 Å². The van der Waals surface area contributed by atoms with Crippen LogP contribution < -0.4 is 0 Å². The van der Waals surface area contributed by atoms with Crippen molar-refractivity contribution in [2.24, 2.45) is 45.3 Å². The van der Waals surface area contributed by atoms with Crippen LogP contribution in [0.25, 0.3) is 0 Å². The Morgan fingerprint density at radius 2 is 1.75 bits per heavy atom. The molecule has 218 valence electrons. The Balaban J connectivity index is 1.62. The fourth-order valence-corrected chi connectivity index (χ4v) is 9.43. The average molecular weight is 560 g/mol. The van der Waals surface area contributed by atoms with Gasteiger partial charge in [-0.3, -0.25) is 9.59 Å². The molecule has 9 atom stereocenters. The highest BCUT2D eigenvalue weighted by Crippen LogP contribution is 2.73. The number of carbonyl (C=O) groups excluding carboxylic acids is 3. The minimum absolute atomic E-state index is 0.0109. The largest absolute Gasteiger partial charge is 0.447 e. The molecule has 0 aliphatic heterocycles. The van der Waals surface area contributed by atoms with Gasteiger partial charge in [-0.2, -0.15) is 5.26 Å². The van der Waals surface area contributed by atoms with Crippen molar-refractivity contribution in [3.05, 3.63) is 23.8 Å². The first-order valence-electron chi connectivity index (χ1n) is 14.1. The summed E-state index contributed by atoms with van der Waals surface area (Å²) in [5.41, 5.74) is -7.91. The van der Waals surface area contributed by atoms with Crippen LogP contribution >= 0.6 is 0 Å². The number of hydrogen-bond donors (Lipinski definition) is 1. The minimum Gasteiger partial charge on any atom is -0.447 e. The zero-order valence-electron chi connectivity index (χ0n) is 24.2. The molecule has 0 aromatic rings. The van der Waals surface area contributed by atoms with Gasteiger partial charge in [0.25, 0.3) is 0 Å². The summed E-state index contributed by atoms with van der Waals surface area (Å²) in [5, 5.41) is 20.8. The van der Waals surface area contributed by atoms with Crippen LogP contribution in [0.2, 0.25) is 0 Å². The second kappa shape index (κ2) is 8.47. The number of ketones is 1. The van der Waals surface area contributed by atoms with Gasteiger partial charge in [0, 0.05) is 22.7 Å². The van der Waals surface area contributed by atoms with Crippen LogP contribution in [0.5, 0.6) is 0 Å². The number of ether oxygens (including phenoxy) is 2. The molecule has 9 heteroatoms. The topological polar surface area (TPSA) is 114 Å². The Kier molecular flexibility index (Phi) is 6.12. The summed E-state index contributed by atoms with van der Waals surface area (Å²) in [5.74, 6) is -4.80. The lowest BCUT2D eigenvalue weighted by Gasteiger charge is -2.63. The molecule has 0 heterocycles. The molecule has 1 N–H and O–H groups in total. The van der Waals surface area contributed by atoms with Crippen LogP contribution in [0, 0.1) is 56.7 Å². The summed E-state index contributed by atoms with van der Waals surface area (Å²) >= 11 is 0. The Morgan fingerprint density at radius 3 is 2.33 bits per heavy atom. The monoisotopic (exact) mass is 559 g/mol. The highest BCUT2D eigenvalue weighted by atomic mass is 19.1.